The van der Waals surface area contributed by atoms with Gasteiger partial charge in [0.25, 0.3) is 11.8 Å². The van der Waals surface area contributed by atoms with Crippen LogP contribution >= 0.6 is 0 Å². The predicted molar refractivity (Wildman–Crippen MR) is 114 cm³/mol. The minimum atomic E-state index is -0.951. The Morgan fingerprint density at radius 2 is 1.94 bits per heavy atom. The van der Waals surface area contributed by atoms with E-state index in [1.165, 1.54) is 12.8 Å². The molecule has 0 unspecified atom stereocenters. The third kappa shape index (κ3) is 4.35. The van der Waals surface area contributed by atoms with Crippen molar-refractivity contribution >= 4 is 35.2 Å². The second-order valence-electron chi connectivity index (χ2n) is 8.70. The normalized spacial score (nSPS) is 23.2. The smallest absolute Gasteiger partial charge is 0.326 e. The van der Waals surface area contributed by atoms with Gasteiger partial charge in [-0.1, -0.05) is 0 Å². The van der Waals surface area contributed by atoms with Crippen molar-refractivity contribution in [2.45, 2.75) is 45.1 Å². The van der Waals surface area contributed by atoms with Crippen molar-refractivity contribution in [3.63, 3.8) is 0 Å². The summed E-state index contributed by atoms with van der Waals surface area (Å²) in [4.78, 5) is 52.2. The lowest BCUT2D eigenvalue weighted by Gasteiger charge is -2.20. The molecule has 1 aromatic rings. The standard InChI is InChI=1S/C22H28N4O5/c1-14-11-16(25-9-3-4-10-25)7-8-17(14)23-18(27)13-31-19(28)12-26-20(29)22(2,15-5-6-15)24-21(26)30/h7-8,11,15H,3-6,9-10,12-13H2,1-2H3,(H,23,27)(H,24,30)/t22-/m0/s1. The van der Waals surface area contributed by atoms with Crippen molar-refractivity contribution in [3.8, 4) is 0 Å². The van der Waals surface area contributed by atoms with Crippen molar-refractivity contribution in [1.29, 1.82) is 0 Å². The molecule has 0 bridgehead atoms. The number of hydrogen-bond donors (Lipinski definition) is 2. The van der Waals surface area contributed by atoms with E-state index in [-0.39, 0.29) is 5.92 Å². The van der Waals surface area contributed by atoms with Gasteiger partial charge in [-0.25, -0.2) is 4.79 Å². The molecule has 1 saturated carbocycles. The Balaban J connectivity index is 1.26. The van der Waals surface area contributed by atoms with E-state index in [1.807, 2.05) is 25.1 Å². The minimum absolute atomic E-state index is 0.107. The third-order valence-electron chi connectivity index (χ3n) is 6.30. The van der Waals surface area contributed by atoms with Crippen LogP contribution in [0.4, 0.5) is 16.2 Å². The van der Waals surface area contributed by atoms with Gasteiger partial charge in [0.05, 0.1) is 0 Å². The summed E-state index contributed by atoms with van der Waals surface area (Å²) in [5, 5.41) is 5.41. The molecule has 2 aliphatic heterocycles. The van der Waals surface area contributed by atoms with Crippen LogP contribution in [0.25, 0.3) is 0 Å². The van der Waals surface area contributed by atoms with Crippen molar-refractivity contribution < 1.29 is 23.9 Å². The Hall–Kier alpha value is -3.10. The van der Waals surface area contributed by atoms with Gasteiger partial charge in [-0.3, -0.25) is 19.3 Å². The average Bonchev–Trinajstić information content (AvgIpc) is 3.41. The summed E-state index contributed by atoms with van der Waals surface area (Å²) < 4.78 is 4.99. The zero-order chi connectivity index (χ0) is 22.2. The predicted octanol–water partition coefficient (Wildman–Crippen LogP) is 1.80. The number of nitrogens with one attached hydrogen (secondary N) is 2. The van der Waals surface area contributed by atoms with E-state index in [1.54, 1.807) is 6.92 Å². The first kappa shape index (κ1) is 21.1. The number of amides is 4. The molecule has 1 atom stereocenters. The molecule has 9 nitrogen and oxygen atoms in total. The van der Waals surface area contributed by atoms with Gasteiger partial charge in [-0.15, -0.1) is 0 Å². The van der Waals surface area contributed by atoms with E-state index >= 15 is 0 Å². The number of benzene rings is 1. The lowest BCUT2D eigenvalue weighted by Crippen LogP contribution is -2.46. The Labute approximate surface area is 181 Å². The molecular formula is C22H28N4O5. The molecule has 166 valence electrons. The van der Waals surface area contributed by atoms with Crippen LogP contribution < -0.4 is 15.5 Å². The largest absolute Gasteiger partial charge is 0.454 e. The molecule has 31 heavy (non-hydrogen) atoms. The van der Waals surface area contributed by atoms with Gasteiger partial charge in [0, 0.05) is 24.5 Å². The SMILES string of the molecule is Cc1cc(N2CCCC2)ccc1NC(=O)COC(=O)CN1C(=O)N[C@@](C)(C2CC2)C1=O. The van der Waals surface area contributed by atoms with Crippen LogP contribution in [0.3, 0.4) is 0 Å². The molecule has 0 aromatic heterocycles. The number of urea groups is 1. The van der Waals surface area contributed by atoms with Crippen molar-refractivity contribution in [3.05, 3.63) is 23.8 Å². The molecule has 1 aromatic carbocycles. The summed E-state index contributed by atoms with van der Waals surface area (Å²) in [6.07, 6.45) is 4.12. The molecule has 4 rings (SSSR count). The zero-order valence-electron chi connectivity index (χ0n) is 17.9. The number of esters is 1. The Morgan fingerprint density at radius 3 is 2.58 bits per heavy atom. The summed E-state index contributed by atoms with van der Waals surface area (Å²) in [5.74, 6) is -1.60. The van der Waals surface area contributed by atoms with Crippen LogP contribution in [0, 0.1) is 12.8 Å². The second kappa shape index (κ2) is 8.20. The first-order valence-electron chi connectivity index (χ1n) is 10.7. The van der Waals surface area contributed by atoms with E-state index in [0.717, 1.165) is 42.1 Å². The molecule has 2 saturated heterocycles. The van der Waals surface area contributed by atoms with Gasteiger partial charge in [0.15, 0.2) is 6.61 Å². The highest BCUT2D eigenvalue weighted by Gasteiger charge is 2.56. The molecule has 2 N–H and O–H groups in total. The molecule has 3 fully saturated rings. The Kier molecular flexibility index (Phi) is 5.60. The van der Waals surface area contributed by atoms with Gasteiger partial charge in [0.2, 0.25) is 0 Å². The van der Waals surface area contributed by atoms with Gasteiger partial charge < -0.3 is 20.3 Å². The fourth-order valence-corrected chi connectivity index (χ4v) is 4.26. The highest BCUT2D eigenvalue weighted by Crippen LogP contribution is 2.42. The fourth-order valence-electron chi connectivity index (χ4n) is 4.26. The summed E-state index contributed by atoms with van der Waals surface area (Å²) >= 11 is 0. The van der Waals surface area contributed by atoms with Gasteiger partial charge in [-0.2, -0.15) is 0 Å². The van der Waals surface area contributed by atoms with E-state index < -0.39 is 42.5 Å². The summed E-state index contributed by atoms with van der Waals surface area (Å²) in [7, 11) is 0. The van der Waals surface area contributed by atoms with Crippen LogP contribution in [0.5, 0.6) is 0 Å². The van der Waals surface area contributed by atoms with E-state index in [0.29, 0.717) is 5.69 Å². The summed E-state index contributed by atoms with van der Waals surface area (Å²) in [6.45, 7) is 4.67. The van der Waals surface area contributed by atoms with Crippen LogP contribution in [0.15, 0.2) is 18.2 Å². The van der Waals surface area contributed by atoms with Crippen LogP contribution in [-0.4, -0.2) is 60.5 Å². The number of imide groups is 1. The molecule has 2 heterocycles. The number of aryl methyl sites for hydroxylation is 1. The fraction of sp³-hybridized carbons (Fsp3) is 0.545. The van der Waals surface area contributed by atoms with Crippen LogP contribution in [0.1, 0.15) is 38.2 Å². The number of hydrogen-bond acceptors (Lipinski definition) is 6. The number of carbonyl (C=O) groups is 4. The minimum Gasteiger partial charge on any atom is -0.454 e. The van der Waals surface area contributed by atoms with Crippen molar-refractivity contribution in [2.75, 3.05) is 36.5 Å². The maximum absolute atomic E-state index is 12.5. The van der Waals surface area contributed by atoms with Crippen molar-refractivity contribution in [1.82, 2.24) is 10.2 Å². The maximum atomic E-state index is 12.5. The Morgan fingerprint density at radius 1 is 1.23 bits per heavy atom. The zero-order valence-corrected chi connectivity index (χ0v) is 17.9. The Bertz CT molecular complexity index is 922. The molecule has 0 spiro atoms. The van der Waals surface area contributed by atoms with E-state index in [9.17, 15) is 19.2 Å². The topological polar surface area (TPSA) is 108 Å². The first-order chi connectivity index (χ1) is 14.8. The second-order valence-corrected chi connectivity index (χ2v) is 8.70. The summed E-state index contributed by atoms with van der Waals surface area (Å²) in [6, 6.07) is 5.24. The highest BCUT2D eigenvalue weighted by molar-refractivity contribution is 6.09. The molecule has 0 radical (unpaired) electrons. The van der Waals surface area contributed by atoms with Crippen LogP contribution in [-0.2, 0) is 19.1 Å². The number of carbonyl (C=O) groups excluding carboxylic acids is 4. The van der Waals surface area contributed by atoms with Gasteiger partial charge in [0.1, 0.15) is 12.1 Å². The average molecular weight is 428 g/mol. The van der Waals surface area contributed by atoms with E-state index in [4.69, 9.17) is 4.74 Å². The quantitative estimate of drug-likeness (QED) is 0.506. The number of anilines is 2. The number of nitrogens with zero attached hydrogens (tertiary/aromatic N) is 2. The van der Waals surface area contributed by atoms with Crippen LogP contribution in [0.2, 0.25) is 0 Å². The van der Waals surface area contributed by atoms with Gasteiger partial charge in [-0.05, 0) is 69.2 Å². The lowest BCUT2D eigenvalue weighted by atomic mass is 9.96. The molecule has 9 heteroatoms. The lowest BCUT2D eigenvalue weighted by molar-refractivity contribution is -0.150. The molecule has 1 aliphatic carbocycles. The van der Waals surface area contributed by atoms with Crippen molar-refractivity contribution in [2.24, 2.45) is 5.92 Å². The monoisotopic (exact) mass is 428 g/mol. The molecule has 3 aliphatic rings. The molecule has 4 amide bonds. The van der Waals surface area contributed by atoms with E-state index in [2.05, 4.69) is 15.5 Å². The number of rotatable bonds is 7. The highest BCUT2D eigenvalue weighted by atomic mass is 16.5. The summed E-state index contributed by atoms with van der Waals surface area (Å²) in [5.41, 5.74) is 1.75. The molecular weight excluding hydrogens is 400 g/mol. The van der Waals surface area contributed by atoms with Gasteiger partial charge >= 0.3 is 12.0 Å². The first-order valence-corrected chi connectivity index (χ1v) is 10.7. The number of ether oxygens (including phenoxy) is 1. The third-order valence-corrected chi connectivity index (χ3v) is 6.30. The maximum Gasteiger partial charge on any atom is 0.326 e.